The molecular formula is C22H36F3N5. The quantitative estimate of drug-likeness (QED) is 0.444. The summed E-state index contributed by atoms with van der Waals surface area (Å²) < 4.78 is 37.6. The van der Waals surface area contributed by atoms with Gasteiger partial charge in [0.1, 0.15) is 0 Å². The second-order valence-electron chi connectivity index (χ2n) is 8.19. The van der Waals surface area contributed by atoms with Crippen molar-refractivity contribution in [3.05, 3.63) is 35.9 Å². The molecule has 2 rings (SSSR count). The summed E-state index contributed by atoms with van der Waals surface area (Å²) in [5.74, 6) is 0.920. The molecule has 8 heteroatoms. The molecule has 1 aromatic carbocycles. The molecule has 170 valence electrons. The lowest BCUT2D eigenvalue weighted by molar-refractivity contribution is -0.143. The van der Waals surface area contributed by atoms with Crippen molar-refractivity contribution in [3.8, 4) is 0 Å². The van der Waals surface area contributed by atoms with Crippen LogP contribution in [0.15, 0.2) is 35.3 Å². The molecule has 1 fully saturated rings. The zero-order valence-corrected chi connectivity index (χ0v) is 18.4. The number of benzene rings is 1. The summed E-state index contributed by atoms with van der Waals surface area (Å²) >= 11 is 0. The molecule has 0 bridgehead atoms. The number of alkyl halides is 3. The van der Waals surface area contributed by atoms with E-state index in [1.807, 2.05) is 13.0 Å². The Bertz CT molecular complexity index is 635. The zero-order chi connectivity index (χ0) is 22.0. The van der Waals surface area contributed by atoms with Crippen LogP contribution in [0.25, 0.3) is 0 Å². The Morgan fingerprint density at radius 3 is 2.67 bits per heavy atom. The monoisotopic (exact) mass is 427 g/mol. The summed E-state index contributed by atoms with van der Waals surface area (Å²) in [6.07, 6.45) is -2.39. The smallest absolute Gasteiger partial charge is 0.357 e. The van der Waals surface area contributed by atoms with Crippen LogP contribution in [-0.4, -0.2) is 74.3 Å². The van der Waals surface area contributed by atoms with Crippen LogP contribution < -0.4 is 10.6 Å². The molecule has 2 N–H and O–H groups in total. The third-order valence-electron chi connectivity index (χ3n) is 5.51. The Labute approximate surface area is 178 Å². The Balaban J connectivity index is 1.73. The van der Waals surface area contributed by atoms with E-state index in [9.17, 15) is 13.2 Å². The van der Waals surface area contributed by atoms with Gasteiger partial charge in [-0.3, -0.25) is 14.8 Å². The molecule has 0 saturated carbocycles. The molecule has 2 unspecified atom stereocenters. The van der Waals surface area contributed by atoms with Crippen molar-refractivity contribution >= 4 is 5.96 Å². The first kappa shape index (κ1) is 24.5. The van der Waals surface area contributed by atoms with Crippen LogP contribution in [0.1, 0.15) is 32.3 Å². The number of rotatable bonds is 10. The Kier molecular flexibility index (Phi) is 9.91. The Morgan fingerprint density at radius 1 is 1.27 bits per heavy atom. The van der Waals surface area contributed by atoms with Crippen LogP contribution >= 0.6 is 0 Å². The van der Waals surface area contributed by atoms with Crippen LogP contribution in [0.2, 0.25) is 0 Å². The fourth-order valence-corrected chi connectivity index (χ4v) is 3.67. The molecule has 0 amide bonds. The average Bonchev–Trinajstić information content (AvgIpc) is 3.12. The molecule has 0 radical (unpaired) electrons. The van der Waals surface area contributed by atoms with Crippen molar-refractivity contribution in [2.75, 3.05) is 46.3 Å². The van der Waals surface area contributed by atoms with Gasteiger partial charge in [-0.25, -0.2) is 0 Å². The lowest BCUT2D eigenvalue weighted by Crippen LogP contribution is -2.40. The molecule has 1 aliphatic heterocycles. The minimum atomic E-state index is -4.13. The van der Waals surface area contributed by atoms with Gasteiger partial charge >= 0.3 is 6.18 Å². The molecule has 2 atom stereocenters. The molecule has 1 aliphatic rings. The van der Waals surface area contributed by atoms with E-state index in [4.69, 9.17) is 0 Å². The summed E-state index contributed by atoms with van der Waals surface area (Å²) in [6, 6.07) is 10.8. The number of aliphatic imine (C=N–C) groups is 1. The van der Waals surface area contributed by atoms with Gasteiger partial charge in [0, 0.05) is 38.8 Å². The minimum Gasteiger partial charge on any atom is -0.357 e. The molecule has 0 aliphatic carbocycles. The lowest BCUT2D eigenvalue weighted by atomic mass is 10.1. The maximum absolute atomic E-state index is 12.5. The topological polar surface area (TPSA) is 42.9 Å². The van der Waals surface area contributed by atoms with E-state index in [1.54, 1.807) is 0 Å². The number of likely N-dealkylation sites (tertiary alicyclic amines) is 1. The van der Waals surface area contributed by atoms with Crippen LogP contribution in [0.4, 0.5) is 13.2 Å². The van der Waals surface area contributed by atoms with Crippen LogP contribution in [0.5, 0.6) is 0 Å². The van der Waals surface area contributed by atoms with Crippen molar-refractivity contribution in [2.24, 2.45) is 10.9 Å². The third-order valence-corrected chi connectivity index (χ3v) is 5.51. The lowest BCUT2D eigenvalue weighted by Gasteiger charge is -2.25. The number of nitrogens with one attached hydrogen (secondary N) is 2. The highest BCUT2D eigenvalue weighted by molar-refractivity contribution is 5.79. The van der Waals surface area contributed by atoms with Gasteiger partial charge in [0.2, 0.25) is 0 Å². The maximum atomic E-state index is 12.5. The number of hydrogen-bond donors (Lipinski definition) is 2. The van der Waals surface area contributed by atoms with Gasteiger partial charge in [0.25, 0.3) is 0 Å². The number of guanidine groups is 1. The highest BCUT2D eigenvalue weighted by atomic mass is 19.4. The van der Waals surface area contributed by atoms with Crippen molar-refractivity contribution in [1.29, 1.82) is 0 Å². The van der Waals surface area contributed by atoms with Crippen LogP contribution in [-0.2, 0) is 6.54 Å². The molecule has 1 saturated heterocycles. The van der Waals surface area contributed by atoms with E-state index in [1.165, 1.54) is 10.5 Å². The van der Waals surface area contributed by atoms with E-state index >= 15 is 0 Å². The summed E-state index contributed by atoms with van der Waals surface area (Å²) in [4.78, 5) is 8.41. The number of halogens is 3. The summed E-state index contributed by atoms with van der Waals surface area (Å²) in [7, 11) is 2.13. The van der Waals surface area contributed by atoms with E-state index in [-0.39, 0.29) is 5.92 Å². The van der Waals surface area contributed by atoms with Crippen molar-refractivity contribution in [3.63, 3.8) is 0 Å². The van der Waals surface area contributed by atoms with Crippen LogP contribution in [0.3, 0.4) is 0 Å². The standard InChI is InChI=1S/C22H36F3N5/c1-4-26-21(28-14-20-11-13-30(16-20)17-22(23,24)25)27-12-10-18(2)29(3)15-19-8-6-5-7-9-19/h5-9,18,20H,4,10-17H2,1-3H3,(H2,26,27,28). The van der Waals surface area contributed by atoms with Gasteiger partial charge in [-0.2, -0.15) is 13.2 Å². The highest BCUT2D eigenvalue weighted by Crippen LogP contribution is 2.22. The van der Waals surface area contributed by atoms with Crippen LogP contribution in [0, 0.1) is 5.92 Å². The van der Waals surface area contributed by atoms with Crippen molar-refractivity contribution < 1.29 is 13.2 Å². The summed E-state index contributed by atoms with van der Waals surface area (Å²) in [5.41, 5.74) is 1.30. The fraction of sp³-hybridized carbons (Fsp3) is 0.682. The average molecular weight is 428 g/mol. The molecule has 0 spiro atoms. The summed E-state index contributed by atoms with van der Waals surface area (Å²) in [5, 5.41) is 6.59. The largest absolute Gasteiger partial charge is 0.401 e. The highest BCUT2D eigenvalue weighted by Gasteiger charge is 2.34. The van der Waals surface area contributed by atoms with Gasteiger partial charge in [-0.1, -0.05) is 30.3 Å². The van der Waals surface area contributed by atoms with Gasteiger partial charge in [0.05, 0.1) is 6.54 Å². The molecule has 30 heavy (non-hydrogen) atoms. The second-order valence-corrected chi connectivity index (χ2v) is 8.19. The fourth-order valence-electron chi connectivity index (χ4n) is 3.67. The van der Waals surface area contributed by atoms with E-state index < -0.39 is 12.7 Å². The third kappa shape index (κ3) is 9.34. The van der Waals surface area contributed by atoms with Gasteiger partial charge in [-0.15, -0.1) is 0 Å². The minimum absolute atomic E-state index is 0.179. The molecular weight excluding hydrogens is 391 g/mol. The summed E-state index contributed by atoms with van der Waals surface area (Å²) in [6.45, 7) is 7.35. The first-order valence-electron chi connectivity index (χ1n) is 10.8. The van der Waals surface area contributed by atoms with E-state index in [0.717, 1.165) is 38.4 Å². The van der Waals surface area contributed by atoms with Gasteiger partial charge in [-0.05, 0) is 51.8 Å². The second kappa shape index (κ2) is 12.2. The zero-order valence-electron chi connectivity index (χ0n) is 18.4. The first-order valence-corrected chi connectivity index (χ1v) is 10.8. The van der Waals surface area contributed by atoms with E-state index in [0.29, 0.717) is 25.7 Å². The van der Waals surface area contributed by atoms with E-state index in [2.05, 4.69) is 58.8 Å². The Morgan fingerprint density at radius 2 is 2.00 bits per heavy atom. The molecule has 1 heterocycles. The first-order chi connectivity index (χ1) is 14.3. The molecule has 0 aromatic heterocycles. The molecule has 1 aromatic rings. The maximum Gasteiger partial charge on any atom is 0.401 e. The molecule has 5 nitrogen and oxygen atoms in total. The van der Waals surface area contributed by atoms with Crippen molar-refractivity contribution in [2.45, 2.75) is 45.5 Å². The number of nitrogens with zero attached hydrogens (tertiary/aromatic N) is 3. The SMILES string of the molecule is CCNC(=NCC1CCN(CC(F)(F)F)C1)NCCC(C)N(C)Cc1ccccc1. The van der Waals surface area contributed by atoms with Gasteiger partial charge < -0.3 is 10.6 Å². The van der Waals surface area contributed by atoms with Crippen molar-refractivity contribution in [1.82, 2.24) is 20.4 Å². The van der Waals surface area contributed by atoms with Gasteiger partial charge in [0.15, 0.2) is 5.96 Å². The number of hydrogen-bond acceptors (Lipinski definition) is 3. The normalized spacial score (nSPS) is 19.3. The predicted molar refractivity (Wildman–Crippen MR) is 117 cm³/mol. The predicted octanol–water partition coefficient (Wildman–Crippen LogP) is 3.34. The Hall–Kier alpha value is -1.80.